The third-order valence-corrected chi connectivity index (χ3v) is 15.5. The van der Waals surface area contributed by atoms with Crippen LogP contribution in [0.1, 0.15) is 217 Å². The number of imidazole rings is 4. The summed E-state index contributed by atoms with van der Waals surface area (Å²) in [5.41, 5.74) is 19.7. The van der Waals surface area contributed by atoms with Crippen LogP contribution in [0.3, 0.4) is 0 Å². The highest BCUT2D eigenvalue weighted by Gasteiger charge is 2.07. The molecule has 0 bridgehead atoms. The highest BCUT2D eigenvalue weighted by Crippen LogP contribution is 2.23. The summed E-state index contributed by atoms with van der Waals surface area (Å²) in [5, 5.41) is 2.23. The molecule has 0 unspecified atom stereocenters. The molecule has 0 radical (unpaired) electrons. The van der Waals surface area contributed by atoms with Gasteiger partial charge in [-0.2, -0.15) is 4.98 Å². The molecule has 0 fully saturated rings. The van der Waals surface area contributed by atoms with Crippen LogP contribution >= 0.6 is 22.7 Å². The lowest BCUT2D eigenvalue weighted by molar-refractivity contribution is 0.560. The molecule has 0 saturated heterocycles. The molecule has 13 heterocycles. The summed E-state index contributed by atoms with van der Waals surface area (Å²) in [6, 6.07) is 34.7. The van der Waals surface area contributed by atoms with Crippen LogP contribution in [0, 0.1) is 96.9 Å². The van der Waals surface area contributed by atoms with Crippen molar-refractivity contribution < 1.29 is 8.83 Å². The summed E-state index contributed by atoms with van der Waals surface area (Å²) in [5.74, 6) is 4.22. The third kappa shape index (κ3) is 33.1. The Morgan fingerprint density at radius 2 is 0.769 bits per heavy atom. The molecule has 0 N–H and O–H groups in total. The largest absolute Gasteiger partial charge is 0.441 e. The molecular formula is C88H132N16O2S2. The van der Waals surface area contributed by atoms with Gasteiger partial charge in [-0.15, -0.1) is 22.7 Å². The van der Waals surface area contributed by atoms with Crippen LogP contribution in [0.5, 0.6) is 0 Å². The van der Waals surface area contributed by atoms with Crippen molar-refractivity contribution in [3.8, 4) is 0 Å². The summed E-state index contributed by atoms with van der Waals surface area (Å²) in [4.78, 5) is 50.9. The minimum Gasteiger partial charge on any atom is -0.441 e. The van der Waals surface area contributed by atoms with Gasteiger partial charge in [-0.25, -0.2) is 54.8 Å². The van der Waals surface area contributed by atoms with Gasteiger partial charge in [-0.3, -0.25) is 4.40 Å². The fourth-order valence-corrected chi connectivity index (χ4v) is 10.5. The number of aromatic nitrogens is 16. The van der Waals surface area contributed by atoms with Crippen LogP contribution in [0.25, 0.3) is 76.5 Å². The number of thiazole rings is 2. The van der Waals surface area contributed by atoms with Crippen molar-refractivity contribution in [2.45, 2.75) is 235 Å². The molecule has 20 heteroatoms. The molecule has 16 aromatic rings. The molecule has 0 aliphatic carbocycles. The molecule has 0 spiro atoms. The Bertz CT molecular complexity index is 4540. The van der Waals surface area contributed by atoms with E-state index in [4.69, 9.17) is 8.83 Å². The fourth-order valence-electron chi connectivity index (χ4n) is 8.97. The van der Waals surface area contributed by atoms with Crippen molar-refractivity contribution >= 4 is 99.2 Å². The van der Waals surface area contributed by atoms with Crippen molar-refractivity contribution in [1.82, 2.24) is 77.7 Å². The number of hydrogen-bond donors (Lipinski definition) is 0. The fraction of sp³-hybridized carbons (Fsp3) is 0.409. The van der Waals surface area contributed by atoms with E-state index in [1.54, 1.807) is 35.1 Å². The van der Waals surface area contributed by atoms with Gasteiger partial charge in [-0.1, -0.05) is 157 Å². The first-order valence-electron chi connectivity index (χ1n) is 38.5. The number of benzene rings is 3. The second-order valence-electron chi connectivity index (χ2n) is 21.3. The van der Waals surface area contributed by atoms with Gasteiger partial charge in [0.1, 0.15) is 28.3 Å². The lowest BCUT2D eigenvalue weighted by Gasteiger charge is -1.95. The first kappa shape index (κ1) is 100. The summed E-state index contributed by atoms with van der Waals surface area (Å²) >= 11 is 3.44. The van der Waals surface area contributed by atoms with Crippen LogP contribution in [-0.2, 0) is 14.1 Å². The minimum absolute atomic E-state index is 0.665. The molecule has 588 valence electrons. The number of oxazole rings is 2. The van der Waals surface area contributed by atoms with E-state index in [0.717, 1.165) is 106 Å². The SMILES string of the molecule is CC.CC.CC.CC.CC.CC.CC.CC.CC.CC.Cc1ccc2c(c1)nc(C)n2C.Cc1ccc2oc(C)nc2c1.Cc1ccc2oc(C)nc2n1.Cc1ccc2sc(C)nc2c1.Cc1ccc2sc(C)nc2n1.Cc1ccn2ccnc2c1.Cc1ccn2ccnc2n1.Cc1cnc2c(c1)nc(C)n2C. The van der Waals surface area contributed by atoms with Crippen molar-refractivity contribution in [2.75, 3.05) is 0 Å². The maximum absolute atomic E-state index is 5.31. The van der Waals surface area contributed by atoms with E-state index in [1.807, 2.05) is 316 Å². The zero-order valence-electron chi connectivity index (χ0n) is 72.6. The zero-order chi connectivity index (χ0) is 82.8. The van der Waals surface area contributed by atoms with E-state index < -0.39 is 0 Å². The van der Waals surface area contributed by atoms with Crippen LogP contribution in [0.15, 0.2) is 155 Å². The number of hydrogen-bond acceptors (Lipinski definition) is 16. The summed E-state index contributed by atoms with van der Waals surface area (Å²) in [6.45, 7) is 67.9. The van der Waals surface area contributed by atoms with E-state index >= 15 is 0 Å². The first-order valence-corrected chi connectivity index (χ1v) is 40.1. The first-order chi connectivity index (χ1) is 52.1. The van der Waals surface area contributed by atoms with E-state index in [9.17, 15) is 0 Å². The summed E-state index contributed by atoms with van der Waals surface area (Å²) < 4.78 is 21.0. The normalized spacial score (nSPS) is 9.30. The Kier molecular flexibility index (Phi) is 52.3. The Morgan fingerprint density at radius 1 is 0.315 bits per heavy atom. The van der Waals surface area contributed by atoms with Gasteiger partial charge in [0, 0.05) is 88.4 Å². The van der Waals surface area contributed by atoms with Crippen molar-refractivity contribution in [2.24, 2.45) is 14.1 Å². The lowest BCUT2D eigenvalue weighted by Crippen LogP contribution is -1.91. The molecule has 0 saturated carbocycles. The Morgan fingerprint density at radius 3 is 1.41 bits per heavy atom. The van der Waals surface area contributed by atoms with Crippen LogP contribution in [0.4, 0.5) is 0 Å². The zero-order valence-corrected chi connectivity index (χ0v) is 74.3. The van der Waals surface area contributed by atoms with Gasteiger partial charge in [0.15, 0.2) is 39.9 Å². The van der Waals surface area contributed by atoms with E-state index in [-0.39, 0.29) is 0 Å². The number of aryl methyl sites for hydroxylation is 16. The molecule has 0 atom stereocenters. The van der Waals surface area contributed by atoms with Gasteiger partial charge in [0.25, 0.3) is 0 Å². The van der Waals surface area contributed by atoms with Crippen LogP contribution < -0.4 is 0 Å². The standard InChI is InChI=1S/C10H12N2.C9H11N3.C9H9NO.C9H9NS.C8H8N2O.C8H8N2S.C8H8N2.C7H7N3.10C2H6/c1-7-4-5-10-9(6-7)11-8(2)12(10)3;1-6-4-8-9(10-5-6)12(3)7(2)11-8;2*1-6-3-4-9-8(5-6)10-7(2)11-9;2*1-5-3-4-7-8(9-5)10-6(2)11-7;1-7-2-4-10-5-3-9-8(10)6-7;1-6-2-4-10-5-3-8-7(10)9-6;10*1-2/h4-6H,1-3H3;4-5H,1-3H3;2*3-5H,1-2H3;2*3-4H,1-2H3;2-6H,1H3;2-5H,1H3;10*1-2H3. The predicted molar refractivity (Wildman–Crippen MR) is 470 cm³/mol. The van der Waals surface area contributed by atoms with Crippen molar-refractivity contribution in [3.63, 3.8) is 0 Å². The smallest absolute Gasteiger partial charge is 0.233 e. The maximum atomic E-state index is 5.31. The Balaban J connectivity index is 0. The van der Waals surface area contributed by atoms with Crippen molar-refractivity contribution in [1.29, 1.82) is 0 Å². The molecule has 0 aliphatic rings. The highest BCUT2D eigenvalue weighted by molar-refractivity contribution is 7.18. The van der Waals surface area contributed by atoms with Gasteiger partial charge in [-0.05, 0) is 196 Å². The molecular weight excluding hydrogens is 1380 g/mol. The second-order valence-corrected chi connectivity index (χ2v) is 23.8. The molecule has 0 aliphatic heterocycles. The maximum Gasteiger partial charge on any atom is 0.233 e. The summed E-state index contributed by atoms with van der Waals surface area (Å²) in [6.07, 6.45) is 13.2. The topological polar surface area (TPSA) is 200 Å². The predicted octanol–water partition coefficient (Wildman–Crippen LogP) is 26.2. The molecule has 13 aromatic heterocycles. The molecule has 108 heavy (non-hydrogen) atoms. The van der Waals surface area contributed by atoms with Gasteiger partial charge in [0.05, 0.1) is 36.0 Å². The number of nitrogens with zero attached hydrogens (tertiary/aromatic N) is 16. The Hall–Kier alpha value is -9.92. The lowest BCUT2D eigenvalue weighted by atomic mass is 10.2. The van der Waals surface area contributed by atoms with Crippen LogP contribution in [-0.4, -0.2) is 77.7 Å². The van der Waals surface area contributed by atoms with Crippen LogP contribution in [0.2, 0.25) is 0 Å². The second kappa shape index (κ2) is 56.4. The van der Waals surface area contributed by atoms with Gasteiger partial charge in [0.2, 0.25) is 5.78 Å². The van der Waals surface area contributed by atoms with Gasteiger partial charge < -0.3 is 22.4 Å². The third-order valence-electron chi connectivity index (χ3n) is 13.6. The molecule has 0 amide bonds. The monoisotopic (exact) mass is 1510 g/mol. The number of fused-ring (bicyclic) bond motifs is 8. The van der Waals surface area contributed by atoms with E-state index in [0.29, 0.717) is 11.5 Å². The summed E-state index contributed by atoms with van der Waals surface area (Å²) in [7, 11) is 4.02. The van der Waals surface area contributed by atoms with E-state index in [2.05, 4.69) is 146 Å². The highest BCUT2D eigenvalue weighted by atomic mass is 32.1. The average molecular weight is 1510 g/mol. The van der Waals surface area contributed by atoms with Gasteiger partial charge >= 0.3 is 0 Å². The quantitative estimate of drug-likeness (QED) is 0.139. The molecule has 18 nitrogen and oxygen atoms in total. The minimum atomic E-state index is 0.665. The van der Waals surface area contributed by atoms with Crippen molar-refractivity contribution in [3.05, 3.63) is 225 Å². The number of pyridine rings is 4. The average Bonchev–Trinajstić information content (AvgIpc) is 1.67. The molecule has 3 aromatic carbocycles. The number of rotatable bonds is 0. The van der Waals surface area contributed by atoms with E-state index in [1.165, 1.54) is 37.2 Å². The Labute approximate surface area is 656 Å². The molecule has 16 rings (SSSR count).